The normalized spacial score (nSPS) is 17.9. The summed E-state index contributed by atoms with van der Waals surface area (Å²) in [5.74, 6) is 0.326. The quantitative estimate of drug-likeness (QED) is 0.634. The van der Waals surface area contributed by atoms with Crippen molar-refractivity contribution in [3.63, 3.8) is 0 Å². The van der Waals surface area contributed by atoms with Crippen LogP contribution >= 0.6 is 0 Å². The number of hydrogen-bond acceptors (Lipinski definition) is 1. The molecule has 0 bridgehead atoms. The largest absolute Gasteiger partial charge is 3.00 e. The molecule has 1 fully saturated rings. The summed E-state index contributed by atoms with van der Waals surface area (Å²) in [4.78, 5) is 12.6. The van der Waals surface area contributed by atoms with Crippen molar-refractivity contribution in [2.75, 3.05) is 13.1 Å². The molecule has 1 amide bonds. The van der Waals surface area contributed by atoms with Gasteiger partial charge in [-0.15, -0.1) is 0 Å². The van der Waals surface area contributed by atoms with Gasteiger partial charge in [-0.2, -0.15) is 0 Å². The van der Waals surface area contributed by atoms with Crippen LogP contribution in [0.1, 0.15) is 19.8 Å². The smallest absolute Gasteiger partial charge is 0.343 e. The van der Waals surface area contributed by atoms with Gasteiger partial charge < -0.3 is 4.90 Å². The van der Waals surface area contributed by atoms with Crippen molar-refractivity contribution in [3.05, 3.63) is 0 Å². The van der Waals surface area contributed by atoms with Crippen molar-refractivity contribution >= 4 is 32.1 Å². The van der Waals surface area contributed by atoms with Gasteiger partial charge in [-0.1, -0.05) is 0 Å². The first-order valence-electron chi connectivity index (χ1n) is 3.12. The zero-order chi connectivity index (χ0) is 5.98. The first-order valence-corrected chi connectivity index (χ1v) is 3.12. The van der Waals surface area contributed by atoms with E-state index >= 15 is 0 Å². The maximum atomic E-state index is 10.7. The molecule has 0 saturated carbocycles. The number of nitrogens with zero attached hydrogens (tertiary/aromatic N) is 1. The van der Waals surface area contributed by atoms with Crippen molar-refractivity contribution in [3.8, 4) is 0 Å². The third-order valence-corrected chi connectivity index (χ3v) is 1.55. The SMILES string of the molecule is CCN1CCCC1=O.[Bi+3]. The van der Waals surface area contributed by atoms with Gasteiger partial charge in [0.25, 0.3) is 0 Å². The van der Waals surface area contributed by atoms with Crippen molar-refractivity contribution in [1.29, 1.82) is 0 Å². The molecule has 0 aromatic heterocycles. The predicted octanol–water partition coefficient (Wildman–Crippen LogP) is 0.248. The molecule has 0 aliphatic carbocycles. The second kappa shape index (κ2) is 4.21. The monoisotopic (exact) mass is 322 g/mol. The van der Waals surface area contributed by atoms with E-state index in [9.17, 15) is 4.79 Å². The zero-order valence-corrected chi connectivity index (χ0v) is 9.11. The molecular weight excluding hydrogens is 311 g/mol. The van der Waals surface area contributed by atoms with Crippen LogP contribution in [0.15, 0.2) is 0 Å². The van der Waals surface area contributed by atoms with E-state index < -0.39 is 0 Å². The van der Waals surface area contributed by atoms with E-state index in [1.165, 1.54) is 0 Å². The van der Waals surface area contributed by atoms with Crippen LogP contribution in [0.5, 0.6) is 0 Å². The van der Waals surface area contributed by atoms with Crippen LogP contribution in [-0.4, -0.2) is 50.1 Å². The fraction of sp³-hybridized carbons (Fsp3) is 0.833. The molecule has 1 rings (SSSR count). The third kappa shape index (κ3) is 2.21. The van der Waals surface area contributed by atoms with Crippen molar-refractivity contribution in [2.24, 2.45) is 0 Å². The third-order valence-electron chi connectivity index (χ3n) is 1.55. The van der Waals surface area contributed by atoms with Gasteiger partial charge in [0.1, 0.15) is 0 Å². The molecule has 0 atom stereocenters. The van der Waals surface area contributed by atoms with Gasteiger partial charge >= 0.3 is 26.2 Å². The average Bonchev–Trinajstić information content (AvgIpc) is 2.14. The molecule has 0 aromatic rings. The molecule has 0 unspecified atom stereocenters. The van der Waals surface area contributed by atoms with Gasteiger partial charge in [0, 0.05) is 19.5 Å². The molecule has 1 aliphatic rings. The van der Waals surface area contributed by atoms with Gasteiger partial charge in [-0.3, -0.25) is 4.79 Å². The Morgan fingerprint density at radius 3 is 2.56 bits per heavy atom. The summed E-state index contributed by atoms with van der Waals surface area (Å²) in [5.41, 5.74) is 0. The van der Waals surface area contributed by atoms with Gasteiger partial charge in [-0.05, 0) is 13.3 Å². The van der Waals surface area contributed by atoms with Crippen LogP contribution < -0.4 is 0 Å². The summed E-state index contributed by atoms with van der Waals surface area (Å²) in [6, 6.07) is 0. The molecule has 0 N–H and O–H groups in total. The van der Waals surface area contributed by atoms with E-state index in [2.05, 4.69) is 0 Å². The summed E-state index contributed by atoms with van der Waals surface area (Å²) in [7, 11) is 0. The number of likely N-dealkylation sites (tertiary alicyclic amines) is 1. The van der Waals surface area contributed by atoms with E-state index in [0.717, 1.165) is 25.9 Å². The molecule has 1 aliphatic heterocycles. The molecule has 48 valence electrons. The van der Waals surface area contributed by atoms with Gasteiger partial charge in [0.2, 0.25) is 5.91 Å². The Morgan fingerprint density at radius 2 is 2.33 bits per heavy atom. The van der Waals surface area contributed by atoms with Crippen molar-refractivity contribution in [1.82, 2.24) is 4.90 Å². The second-order valence-electron chi connectivity index (χ2n) is 2.08. The van der Waals surface area contributed by atoms with E-state index in [4.69, 9.17) is 0 Å². The maximum Gasteiger partial charge on any atom is 3.00 e. The standard InChI is InChI=1S/C6H11NO.Bi/c1-2-7-5-3-4-6(7)8;/h2-5H2,1H3;/q;+3. The van der Waals surface area contributed by atoms with Gasteiger partial charge in [0.05, 0.1) is 0 Å². The summed E-state index contributed by atoms with van der Waals surface area (Å²) in [6.07, 6.45) is 1.83. The summed E-state index contributed by atoms with van der Waals surface area (Å²) >= 11 is 0. The Bertz CT molecular complexity index is 105. The van der Waals surface area contributed by atoms with Crippen molar-refractivity contribution < 1.29 is 4.79 Å². The predicted molar refractivity (Wildman–Crippen MR) is 37.2 cm³/mol. The molecule has 0 spiro atoms. The van der Waals surface area contributed by atoms with Crippen LogP contribution in [0.4, 0.5) is 0 Å². The Hall–Kier alpha value is 0.353. The first-order chi connectivity index (χ1) is 3.84. The van der Waals surface area contributed by atoms with E-state index in [1.54, 1.807) is 0 Å². The Kier molecular flexibility index (Phi) is 4.38. The van der Waals surface area contributed by atoms with Crippen LogP contribution in [0.2, 0.25) is 0 Å². The Labute approximate surface area is 74.7 Å². The number of rotatable bonds is 1. The number of amides is 1. The summed E-state index contributed by atoms with van der Waals surface area (Å²) in [6.45, 7) is 3.89. The number of carbonyl (C=O) groups is 1. The molecule has 9 heavy (non-hydrogen) atoms. The summed E-state index contributed by atoms with van der Waals surface area (Å²) < 4.78 is 0. The minimum Gasteiger partial charge on any atom is -0.343 e. The molecule has 2 nitrogen and oxygen atoms in total. The van der Waals surface area contributed by atoms with Crippen LogP contribution in [0, 0.1) is 0 Å². The fourth-order valence-electron chi connectivity index (χ4n) is 1.04. The van der Waals surface area contributed by atoms with Gasteiger partial charge in [0.15, 0.2) is 0 Å². The molecule has 1 heterocycles. The Balaban J connectivity index is 0.000000640. The van der Waals surface area contributed by atoms with E-state index in [1.807, 2.05) is 11.8 Å². The maximum absolute atomic E-state index is 10.7. The van der Waals surface area contributed by atoms with E-state index in [-0.39, 0.29) is 26.2 Å². The number of hydrogen-bond donors (Lipinski definition) is 0. The fourth-order valence-corrected chi connectivity index (χ4v) is 1.04. The molecule has 2 radical (unpaired) electrons. The molecule has 1 saturated heterocycles. The zero-order valence-electron chi connectivity index (χ0n) is 5.63. The minimum atomic E-state index is 0. The van der Waals surface area contributed by atoms with Crippen LogP contribution in [0.25, 0.3) is 0 Å². The van der Waals surface area contributed by atoms with Crippen LogP contribution in [0.3, 0.4) is 0 Å². The minimum absolute atomic E-state index is 0. The summed E-state index contributed by atoms with van der Waals surface area (Å²) in [5, 5.41) is 0. The Morgan fingerprint density at radius 1 is 1.67 bits per heavy atom. The van der Waals surface area contributed by atoms with Gasteiger partial charge in [-0.25, -0.2) is 0 Å². The molecular formula is C6H11BiNO+3. The second-order valence-corrected chi connectivity index (χ2v) is 2.08. The molecule has 3 heteroatoms. The van der Waals surface area contributed by atoms with Crippen LogP contribution in [-0.2, 0) is 4.79 Å². The average molecular weight is 322 g/mol. The number of carbonyl (C=O) groups excluding carboxylic acids is 1. The molecule has 0 aromatic carbocycles. The van der Waals surface area contributed by atoms with E-state index in [0.29, 0.717) is 5.91 Å². The first kappa shape index (κ1) is 9.35. The topological polar surface area (TPSA) is 20.3 Å². The van der Waals surface area contributed by atoms with Crippen molar-refractivity contribution in [2.45, 2.75) is 19.8 Å².